The van der Waals surface area contributed by atoms with Gasteiger partial charge in [0, 0.05) is 10.8 Å². The van der Waals surface area contributed by atoms with E-state index < -0.39 is 12.0 Å². The predicted octanol–water partition coefficient (Wildman–Crippen LogP) is 2.54. The number of carbonyl (C=O) groups excluding carboxylic acids is 1. The van der Waals surface area contributed by atoms with Crippen molar-refractivity contribution >= 4 is 23.2 Å². The summed E-state index contributed by atoms with van der Waals surface area (Å²) >= 11 is 1.61. The van der Waals surface area contributed by atoms with Gasteiger partial charge in [0.25, 0.3) is 0 Å². The Balaban J connectivity index is 2.58. The molecule has 0 radical (unpaired) electrons. The summed E-state index contributed by atoms with van der Waals surface area (Å²) in [4.78, 5) is 24.3. The van der Waals surface area contributed by atoms with Crippen LogP contribution >= 0.6 is 11.3 Å². The first-order valence-corrected chi connectivity index (χ1v) is 7.39. The van der Waals surface area contributed by atoms with Crippen LogP contribution in [0, 0.1) is 11.8 Å². The maximum absolute atomic E-state index is 12.0. The standard InChI is InChI=1S/C14H21NO3S/c1-4-9(2)12(14(17)18)15-13(16)10(3)8-11-6-5-7-19-11/h5-7,9-10,12H,4,8H2,1-3H3,(H,15,16)(H,17,18)/t9-,10-,12-/m0/s1. The van der Waals surface area contributed by atoms with E-state index in [4.69, 9.17) is 5.11 Å². The molecular formula is C14H21NO3S. The third-order valence-corrected chi connectivity index (χ3v) is 4.21. The SMILES string of the molecule is CC[C@H](C)[C@H](NC(=O)[C@@H](C)Cc1cccs1)C(=O)O. The maximum Gasteiger partial charge on any atom is 0.326 e. The highest BCUT2D eigenvalue weighted by Gasteiger charge is 2.27. The van der Waals surface area contributed by atoms with Gasteiger partial charge in [-0.15, -0.1) is 11.3 Å². The lowest BCUT2D eigenvalue weighted by Crippen LogP contribution is -2.47. The van der Waals surface area contributed by atoms with Crippen molar-refractivity contribution in [2.45, 2.75) is 39.7 Å². The fourth-order valence-electron chi connectivity index (χ4n) is 1.80. The number of carbonyl (C=O) groups is 2. The van der Waals surface area contributed by atoms with Crippen LogP contribution in [0.3, 0.4) is 0 Å². The maximum atomic E-state index is 12.0. The summed E-state index contributed by atoms with van der Waals surface area (Å²) in [6.45, 7) is 5.58. The van der Waals surface area contributed by atoms with Crippen LogP contribution in [0.5, 0.6) is 0 Å². The zero-order valence-electron chi connectivity index (χ0n) is 11.6. The summed E-state index contributed by atoms with van der Waals surface area (Å²) < 4.78 is 0. The third kappa shape index (κ3) is 4.67. The van der Waals surface area contributed by atoms with Gasteiger partial charge in [0.05, 0.1) is 0 Å². The molecule has 0 spiro atoms. The minimum Gasteiger partial charge on any atom is -0.480 e. The van der Waals surface area contributed by atoms with Gasteiger partial charge in [0.15, 0.2) is 0 Å². The molecule has 1 amide bonds. The fourth-order valence-corrected chi connectivity index (χ4v) is 2.64. The van der Waals surface area contributed by atoms with Crippen LogP contribution in [0.4, 0.5) is 0 Å². The summed E-state index contributed by atoms with van der Waals surface area (Å²) in [5, 5.41) is 13.8. The van der Waals surface area contributed by atoms with Crippen LogP contribution in [0.1, 0.15) is 32.1 Å². The number of carboxylic acid groups (broad SMARTS) is 1. The highest BCUT2D eigenvalue weighted by Crippen LogP contribution is 2.15. The third-order valence-electron chi connectivity index (χ3n) is 3.31. The molecule has 4 nitrogen and oxygen atoms in total. The second kappa shape index (κ2) is 7.28. The Morgan fingerprint density at radius 2 is 2.11 bits per heavy atom. The van der Waals surface area contributed by atoms with Gasteiger partial charge in [-0.05, 0) is 23.8 Å². The molecule has 0 unspecified atom stereocenters. The molecule has 0 aromatic carbocycles. The Bertz CT molecular complexity index is 416. The minimum absolute atomic E-state index is 0.0737. The zero-order valence-corrected chi connectivity index (χ0v) is 12.4. The first kappa shape index (κ1) is 15.7. The summed E-state index contributed by atoms with van der Waals surface area (Å²) in [5.74, 6) is -1.45. The number of carboxylic acids is 1. The zero-order chi connectivity index (χ0) is 14.4. The lowest BCUT2D eigenvalue weighted by molar-refractivity contribution is -0.143. The van der Waals surface area contributed by atoms with Crippen molar-refractivity contribution < 1.29 is 14.7 Å². The number of hydrogen-bond donors (Lipinski definition) is 2. The first-order valence-electron chi connectivity index (χ1n) is 6.51. The van der Waals surface area contributed by atoms with E-state index in [0.29, 0.717) is 6.42 Å². The molecule has 1 rings (SSSR count). The van der Waals surface area contributed by atoms with Crippen LogP contribution in [0.2, 0.25) is 0 Å². The van der Waals surface area contributed by atoms with Crippen molar-refractivity contribution in [3.05, 3.63) is 22.4 Å². The summed E-state index contributed by atoms with van der Waals surface area (Å²) in [6, 6.07) is 3.13. The molecule has 0 saturated heterocycles. The molecule has 0 fully saturated rings. The minimum atomic E-state index is -0.967. The molecule has 0 bridgehead atoms. The van der Waals surface area contributed by atoms with Gasteiger partial charge in [0.2, 0.25) is 5.91 Å². The fraction of sp³-hybridized carbons (Fsp3) is 0.571. The summed E-state index contributed by atoms with van der Waals surface area (Å²) in [7, 11) is 0. The van der Waals surface area contributed by atoms with Gasteiger partial charge in [-0.25, -0.2) is 4.79 Å². The van der Waals surface area contributed by atoms with Gasteiger partial charge in [0.1, 0.15) is 6.04 Å². The van der Waals surface area contributed by atoms with E-state index in [1.165, 1.54) is 0 Å². The summed E-state index contributed by atoms with van der Waals surface area (Å²) in [6.07, 6.45) is 1.37. The van der Waals surface area contributed by atoms with Crippen LogP contribution in [-0.2, 0) is 16.0 Å². The molecule has 1 aromatic rings. The number of nitrogens with one attached hydrogen (secondary N) is 1. The number of thiophene rings is 1. The number of amides is 1. The van der Waals surface area contributed by atoms with Crippen molar-refractivity contribution in [1.82, 2.24) is 5.32 Å². The monoisotopic (exact) mass is 283 g/mol. The Kier molecular flexibility index (Phi) is 6.02. The highest BCUT2D eigenvalue weighted by atomic mass is 32.1. The number of rotatable bonds is 7. The van der Waals surface area contributed by atoms with Gasteiger partial charge >= 0.3 is 5.97 Å². The second-order valence-electron chi connectivity index (χ2n) is 4.89. The Hall–Kier alpha value is -1.36. The highest BCUT2D eigenvalue weighted by molar-refractivity contribution is 7.09. The molecule has 0 aliphatic rings. The Labute approximate surface area is 117 Å². The van der Waals surface area contributed by atoms with Crippen LogP contribution in [0.15, 0.2) is 17.5 Å². The van der Waals surface area contributed by atoms with Crippen molar-refractivity contribution in [2.24, 2.45) is 11.8 Å². The van der Waals surface area contributed by atoms with Gasteiger partial charge in [-0.2, -0.15) is 0 Å². The molecule has 1 aromatic heterocycles. The molecule has 1 heterocycles. The smallest absolute Gasteiger partial charge is 0.326 e. The largest absolute Gasteiger partial charge is 0.480 e. The van der Waals surface area contributed by atoms with Crippen LogP contribution in [0.25, 0.3) is 0 Å². The van der Waals surface area contributed by atoms with Crippen LogP contribution in [-0.4, -0.2) is 23.0 Å². The van der Waals surface area contributed by atoms with Crippen molar-refractivity contribution in [3.63, 3.8) is 0 Å². The second-order valence-corrected chi connectivity index (χ2v) is 5.93. The molecule has 106 valence electrons. The number of aliphatic carboxylic acids is 1. The molecule has 0 saturated carbocycles. The van der Waals surface area contributed by atoms with E-state index in [2.05, 4.69) is 5.32 Å². The molecule has 0 aliphatic carbocycles. The van der Waals surface area contributed by atoms with E-state index in [1.54, 1.807) is 11.3 Å². The van der Waals surface area contributed by atoms with Gasteiger partial charge in [-0.1, -0.05) is 33.3 Å². The van der Waals surface area contributed by atoms with Crippen molar-refractivity contribution in [1.29, 1.82) is 0 Å². The average Bonchev–Trinajstić information content (AvgIpc) is 2.86. The lowest BCUT2D eigenvalue weighted by Gasteiger charge is -2.22. The topological polar surface area (TPSA) is 66.4 Å². The molecule has 2 N–H and O–H groups in total. The van der Waals surface area contributed by atoms with Gasteiger partial charge in [-0.3, -0.25) is 4.79 Å². The van der Waals surface area contributed by atoms with E-state index in [-0.39, 0.29) is 17.7 Å². The first-order chi connectivity index (χ1) is 8.95. The van der Waals surface area contributed by atoms with E-state index in [9.17, 15) is 9.59 Å². The summed E-state index contributed by atoms with van der Waals surface area (Å²) in [5.41, 5.74) is 0. The van der Waals surface area contributed by atoms with E-state index in [0.717, 1.165) is 11.3 Å². The van der Waals surface area contributed by atoms with Crippen molar-refractivity contribution in [2.75, 3.05) is 0 Å². The van der Waals surface area contributed by atoms with Crippen LogP contribution < -0.4 is 5.32 Å². The molecule has 0 aliphatic heterocycles. The van der Waals surface area contributed by atoms with E-state index in [1.807, 2.05) is 38.3 Å². The average molecular weight is 283 g/mol. The lowest BCUT2D eigenvalue weighted by atomic mass is 9.97. The Morgan fingerprint density at radius 1 is 1.42 bits per heavy atom. The molecule has 19 heavy (non-hydrogen) atoms. The Morgan fingerprint density at radius 3 is 2.58 bits per heavy atom. The molecular weight excluding hydrogens is 262 g/mol. The van der Waals surface area contributed by atoms with Gasteiger partial charge < -0.3 is 10.4 Å². The predicted molar refractivity (Wildman–Crippen MR) is 76.2 cm³/mol. The quantitative estimate of drug-likeness (QED) is 0.808. The number of hydrogen-bond acceptors (Lipinski definition) is 3. The van der Waals surface area contributed by atoms with E-state index >= 15 is 0 Å². The van der Waals surface area contributed by atoms with Crippen molar-refractivity contribution in [3.8, 4) is 0 Å². The molecule has 5 heteroatoms. The normalized spacial score (nSPS) is 15.5. The molecule has 3 atom stereocenters.